The van der Waals surface area contributed by atoms with Gasteiger partial charge in [0.1, 0.15) is 11.3 Å². The zero-order chi connectivity index (χ0) is 29.4. The molecule has 1 aliphatic heterocycles. The van der Waals surface area contributed by atoms with Crippen LogP contribution in [0.4, 0.5) is 22.0 Å². The highest BCUT2D eigenvalue weighted by molar-refractivity contribution is 5.97. The van der Waals surface area contributed by atoms with Crippen LogP contribution in [0.25, 0.3) is 28.2 Å². The highest BCUT2D eigenvalue weighted by Gasteiger charge is 2.36. The molecular formula is C30H24F5N3O3. The number of hydrogen-bond donors (Lipinski definition) is 1. The maximum Gasteiger partial charge on any atom is 0.420 e. The van der Waals surface area contributed by atoms with E-state index in [4.69, 9.17) is 10.2 Å². The normalized spacial score (nSPS) is 15.7. The molecule has 1 saturated heterocycles. The third-order valence-electron chi connectivity index (χ3n) is 6.93. The number of nitrogens with two attached hydrogens (primary N) is 1. The molecule has 0 bridgehead atoms. The van der Waals surface area contributed by atoms with Crippen LogP contribution in [0.1, 0.15) is 40.1 Å². The second-order valence-corrected chi connectivity index (χ2v) is 9.88. The van der Waals surface area contributed by atoms with Crippen LogP contribution >= 0.6 is 0 Å². The highest BCUT2D eigenvalue weighted by Crippen LogP contribution is 2.40. The number of likely N-dealkylation sites (tertiary alicyclic amines) is 1. The molecule has 0 aliphatic carbocycles. The van der Waals surface area contributed by atoms with Gasteiger partial charge in [0.25, 0.3) is 11.8 Å². The lowest BCUT2D eigenvalue weighted by Crippen LogP contribution is -2.42. The third-order valence-corrected chi connectivity index (χ3v) is 6.93. The molecule has 2 N–H and O–H groups in total. The summed E-state index contributed by atoms with van der Waals surface area (Å²) < 4.78 is 74.7. The monoisotopic (exact) mass is 569 g/mol. The number of benzene rings is 2. The van der Waals surface area contributed by atoms with E-state index in [1.807, 2.05) is 0 Å². The van der Waals surface area contributed by atoms with Gasteiger partial charge in [-0.05, 0) is 59.2 Å². The predicted molar refractivity (Wildman–Crippen MR) is 142 cm³/mol. The first-order chi connectivity index (χ1) is 19.4. The summed E-state index contributed by atoms with van der Waals surface area (Å²) in [6.07, 6.45) is -1.14. The molecule has 0 atom stereocenters. The zero-order valence-electron chi connectivity index (χ0n) is 21.6. The molecule has 0 saturated carbocycles. The number of amides is 2. The number of carbonyl (C=O) groups is 2. The number of rotatable bonds is 6. The number of furan rings is 1. The Morgan fingerprint density at radius 3 is 2.34 bits per heavy atom. The lowest BCUT2D eigenvalue weighted by atomic mass is 9.98. The molecule has 0 unspecified atom stereocenters. The van der Waals surface area contributed by atoms with Crippen molar-refractivity contribution in [2.24, 2.45) is 5.73 Å². The lowest BCUT2D eigenvalue weighted by Gasteiger charge is -2.31. The molecule has 0 radical (unpaired) electrons. The first kappa shape index (κ1) is 28.0. The number of halogens is 5. The average molecular weight is 570 g/mol. The quantitative estimate of drug-likeness (QED) is 0.212. The van der Waals surface area contributed by atoms with Crippen molar-refractivity contribution in [3.05, 3.63) is 95.0 Å². The maximum atomic E-state index is 14.1. The topological polar surface area (TPSA) is 89.4 Å². The summed E-state index contributed by atoms with van der Waals surface area (Å²) in [6, 6.07) is 13.2. The van der Waals surface area contributed by atoms with Crippen LogP contribution in [0.2, 0.25) is 0 Å². The molecule has 2 aromatic heterocycles. The first-order valence-corrected chi connectivity index (χ1v) is 12.7. The smallest absolute Gasteiger partial charge is 0.420 e. The van der Waals surface area contributed by atoms with E-state index in [2.05, 4.69) is 4.98 Å². The Labute approximate surface area is 231 Å². The molecule has 5 rings (SSSR count). The summed E-state index contributed by atoms with van der Waals surface area (Å²) in [5, 5.41) is 0.171. The molecule has 41 heavy (non-hydrogen) atoms. The Bertz CT molecular complexity index is 1620. The molecule has 1 fully saturated rings. The fourth-order valence-corrected chi connectivity index (χ4v) is 4.76. The van der Waals surface area contributed by atoms with Crippen molar-refractivity contribution in [1.29, 1.82) is 0 Å². The minimum atomic E-state index is -4.74. The number of pyridine rings is 1. The molecular weight excluding hydrogens is 545 g/mol. The number of piperidine rings is 1. The average Bonchev–Trinajstić information content (AvgIpc) is 3.34. The van der Waals surface area contributed by atoms with E-state index in [1.165, 1.54) is 53.6 Å². The molecule has 11 heteroatoms. The number of carbonyl (C=O) groups excluding carboxylic acids is 2. The molecule has 4 aromatic rings. The van der Waals surface area contributed by atoms with E-state index >= 15 is 0 Å². The van der Waals surface area contributed by atoms with Gasteiger partial charge in [-0.25, -0.2) is 8.78 Å². The van der Waals surface area contributed by atoms with E-state index in [9.17, 15) is 31.5 Å². The molecule has 0 spiro atoms. The van der Waals surface area contributed by atoms with Gasteiger partial charge in [-0.2, -0.15) is 13.2 Å². The highest BCUT2D eigenvalue weighted by atomic mass is 19.4. The van der Waals surface area contributed by atoms with Crippen LogP contribution in [0.15, 0.2) is 77.0 Å². The third kappa shape index (κ3) is 6.29. The van der Waals surface area contributed by atoms with Crippen molar-refractivity contribution < 1.29 is 36.0 Å². The summed E-state index contributed by atoms with van der Waals surface area (Å²) in [4.78, 5) is 30.1. The minimum absolute atomic E-state index is 0.0725. The molecule has 3 heterocycles. The SMILES string of the molecule is NC(=O)/C(=C\c1cccnc1)Cc1cc2cc(-c3ccc(C(=O)N4CCC(F)(F)CC4)cc3)cc(C(F)(F)F)c2o1. The van der Waals surface area contributed by atoms with Crippen molar-refractivity contribution in [2.75, 3.05) is 13.1 Å². The Morgan fingerprint density at radius 1 is 1.02 bits per heavy atom. The Balaban J connectivity index is 1.45. The van der Waals surface area contributed by atoms with E-state index in [0.29, 0.717) is 11.1 Å². The summed E-state index contributed by atoms with van der Waals surface area (Å²) in [7, 11) is 0. The van der Waals surface area contributed by atoms with Crippen LogP contribution in [0.5, 0.6) is 0 Å². The van der Waals surface area contributed by atoms with Gasteiger partial charge >= 0.3 is 6.18 Å². The summed E-state index contributed by atoms with van der Waals surface area (Å²) in [5.74, 6) is -3.84. The van der Waals surface area contributed by atoms with Crippen molar-refractivity contribution in [3.8, 4) is 11.1 Å². The number of hydrogen-bond acceptors (Lipinski definition) is 4. The van der Waals surface area contributed by atoms with E-state index < -0.39 is 42.3 Å². The number of aromatic nitrogens is 1. The summed E-state index contributed by atoms with van der Waals surface area (Å²) in [6.45, 7) is -0.145. The minimum Gasteiger partial charge on any atom is -0.460 e. The van der Waals surface area contributed by atoms with Crippen molar-refractivity contribution in [3.63, 3.8) is 0 Å². The first-order valence-electron chi connectivity index (χ1n) is 12.7. The number of primary amides is 1. The van der Waals surface area contributed by atoms with Gasteiger partial charge in [0.2, 0.25) is 5.91 Å². The molecule has 6 nitrogen and oxygen atoms in total. The van der Waals surface area contributed by atoms with Crippen LogP contribution < -0.4 is 5.73 Å². The van der Waals surface area contributed by atoms with Gasteiger partial charge in [0.15, 0.2) is 0 Å². The standard InChI is InChI=1S/C30H24F5N3O3/c31-29(32)7-10-38(11-8-29)28(40)20-5-3-19(4-6-20)21-13-22-14-24(41-26(22)25(16-21)30(33,34)35)15-23(27(36)39)12-18-2-1-9-37-17-18/h1-6,9,12-14,16-17H,7-8,10-11,15H2,(H2,36,39)/b23-12-. The summed E-state index contributed by atoms with van der Waals surface area (Å²) >= 11 is 0. The predicted octanol–water partition coefficient (Wildman–Crippen LogP) is 6.50. The van der Waals surface area contributed by atoms with Crippen LogP contribution in [-0.4, -0.2) is 40.7 Å². The van der Waals surface area contributed by atoms with Gasteiger partial charge in [0.05, 0.1) is 5.56 Å². The van der Waals surface area contributed by atoms with Gasteiger partial charge in [0, 0.05) is 61.3 Å². The van der Waals surface area contributed by atoms with Gasteiger partial charge in [-0.1, -0.05) is 18.2 Å². The van der Waals surface area contributed by atoms with Crippen molar-refractivity contribution in [2.45, 2.75) is 31.4 Å². The van der Waals surface area contributed by atoms with E-state index in [-0.39, 0.29) is 52.9 Å². The lowest BCUT2D eigenvalue weighted by molar-refractivity contribution is -0.136. The molecule has 212 valence electrons. The Hall–Kier alpha value is -4.54. The summed E-state index contributed by atoms with van der Waals surface area (Å²) in [5.41, 5.74) is 5.75. The maximum absolute atomic E-state index is 14.1. The van der Waals surface area contributed by atoms with Gasteiger partial charge in [-0.3, -0.25) is 14.6 Å². The van der Waals surface area contributed by atoms with Crippen molar-refractivity contribution >= 4 is 28.9 Å². The fourth-order valence-electron chi connectivity index (χ4n) is 4.76. The molecule has 2 amide bonds. The second kappa shape index (κ2) is 10.8. The molecule has 2 aromatic carbocycles. The van der Waals surface area contributed by atoms with E-state index in [0.717, 1.165) is 6.07 Å². The zero-order valence-corrected chi connectivity index (χ0v) is 21.6. The number of fused-ring (bicyclic) bond motifs is 1. The number of alkyl halides is 5. The van der Waals surface area contributed by atoms with Crippen molar-refractivity contribution in [1.82, 2.24) is 9.88 Å². The Kier molecular flexibility index (Phi) is 7.37. The van der Waals surface area contributed by atoms with Crippen LogP contribution in [0, 0.1) is 0 Å². The van der Waals surface area contributed by atoms with E-state index in [1.54, 1.807) is 18.3 Å². The molecule has 1 aliphatic rings. The van der Waals surface area contributed by atoms with Crippen LogP contribution in [-0.2, 0) is 17.4 Å². The number of nitrogens with zero attached hydrogens (tertiary/aromatic N) is 2. The Morgan fingerprint density at radius 2 is 1.73 bits per heavy atom. The van der Waals surface area contributed by atoms with Gasteiger partial charge < -0.3 is 15.1 Å². The second-order valence-electron chi connectivity index (χ2n) is 9.88. The van der Waals surface area contributed by atoms with Crippen LogP contribution in [0.3, 0.4) is 0 Å². The largest absolute Gasteiger partial charge is 0.460 e. The fraction of sp³-hybridized carbons (Fsp3) is 0.233. The van der Waals surface area contributed by atoms with Gasteiger partial charge in [-0.15, -0.1) is 0 Å².